The molecule has 1 atom stereocenters. The third-order valence-corrected chi connectivity index (χ3v) is 3.24. The zero-order chi connectivity index (χ0) is 17.5. The van der Waals surface area contributed by atoms with Gasteiger partial charge in [0, 0.05) is 6.42 Å². The third kappa shape index (κ3) is 4.40. The van der Waals surface area contributed by atoms with Gasteiger partial charge in [-0.2, -0.15) is 0 Å². The lowest BCUT2D eigenvalue weighted by Crippen LogP contribution is -2.36. The van der Waals surface area contributed by atoms with Gasteiger partial charge in [-0.25, -0.2) is 15.1 Å². The highest BCUT2D eigenvalue weighted by Crippen LogP contribution is 2.10. The van der Waals surface area contributed by atoms with Crippen molar-refractivity contribution in [2.45, 2.75) is 12.5 Å². The fourth-order valence-corrected chi connectivity index (χ4v) is 2.05. The van der Waals surface area contributed by atoms with Gasteiger partial charge in [0.05, 0.1) is 11.1 Å². The molecule has 24 heavy (non-hydrogen) atoms. The van der Waals surface area contributed by atoms with Gasteiger partial charge in [-0.3, -0.25) is 9.63 Å². The van der Waals surface area contributed by atoms with E-state index >= 15 is 0 Å². The van der Waals surface area contributed by atoms with Crippen LogP contribution in [0.1, 0.15) is 26.3 Å². The highest BCUT2D eigenvalue weighted by Gasteiger charge is 2.22. The quantitative estimate of drug-likeness (QED) is 0.667. The molecule has 0 aliphatic heterocycles. The van der Waals surface area contributed by atoms with Gasteiger partial charge < -0.3 is 10.2 Å². The summed E-state index contributed by atoms with van der Waals surface area (Å²) in [7, 11) is 0. The second-order valence-corrected chi connectivity index (χ2v) is 4.92. The molecular weight excluding hydrogens is 314 g/mol. The van der Waals surface area contributed by atoms with Crippen LogP contribution in [-0.2, 0) is 16.1 Å². The predicted octanol–water partition coefficient (Wildman–Crippen LogP) is 1.74. The minimum absolute atomic E-state index is 0.0526. The Morgan fingerprint density at radius 1 is 0.917 bits per heavy atom. The van der Waals surface area contributed by atoms with Crippen LogP contribution >= 0.6 is 0 Å². The molecule has 3 N–H and O–H groups in total. The molecule has 0 aliphatic rings. The summed E-state index contributed by atoms with van der Waals surface area (Å²) >= 11 is 0. The smallest absolute Gasteiger partial charge is 0.336 e. The van der Waals surface area contributed by atoms with Crippen molar-refractivity contribution in [1.82, 2.24) is 5.48 Å². The first-order valence-electron chi connectivity index (χ1n) is 7.04. The highest BCUT2D eigenvalue weighted by molar-refractivity contribution is 6.04. The zero-order valence-corrected chi connectivity index (χ0v) is 12.5. The number of carboxylic acid groups (broad SMARTS) is 2. The number of carbonyl (C=O) groups excluding carboxylic acids is 1. The molecule has 2 aromatic rings. The lowest BCUT2D eigenvalue weighted by Gasteiger charge is -2.14. The van der Waals surface area contributed by atoms with Crippen molar-refractivity contribution in [2.24, 2.45) is 0 Å². The van der Waals surface area contributed by atoms with E-state index in [0.717, 1.165) is 5.56 Å². The molecule has 0 fully saturated rings. The van der Waals surface area contributed by atoms with Crippen LogP contribution in [0.4, 0.5) is 0 Å². The number of aliphatic carboxylic acids is 1. The van der Waals surface area contributed by atoms with Crippen molar-refractivity contribution < 1.29 is 29.4 Å². The molecule has 0 radical (unpaired) electrons. The van der Waals surface area contributed by atoms with Crippen molar-refractivity contribution in [2.75, 3.05) is 0 Å². The van der Waals surface area contributed by atoms with Gasteiger partial charge in [0.15, 0.2) is 6.10 Å². The third-order valence-electron chi connectivity index (χ3n) is 3.24. The summed E-state index contributed by atoms with van der Waals surface area (Å²) in [5, 5.41) is 18.3. The molecule has 1 amide bonds. The molecule has 0 saturated heterocycles. The maximum Gasteiger partial charge on any atom is 0.336 e. The Labute approximate surface area is 137 Å². The highest BCUT2D eigenvalue weighted by atomic mass is 16.7. The maximum absolute atomic E-state index is 12.1. The Morgan fingerprint density at radius 3 is 2.08 bits per heavy atom. The molecule has 0 aliphatic carbocycles. The summed E-state index contributed by atoms with van der Waals surface area (Å²) in [6.07, 6.45) is -1.25. The second kappa shape index (κ2) is 7.89. The summed E-state index contributed by atoms with van der Waals surface area (Å²) in [6.45, 7) is 0. The fraction of sp³-hybridized carbons (Fsp3) is 0.118. The number of hydroxylamine groups is 1. The summed E-state index contributed by atoms with van der Waals surface area (Å²) in [5.74, 6) is -3.34. The van der Waals surface area contributed by atoms with E-state index in [1.165, 1.54) is 24.3 Å². The van der Waals surface area contributed by atoms with Gasteiger partial charge in [0.1, 0.15) is 0 Å². The molecule has 124 valence electrons. The minimum Gasteiger partial charge on any atom is -0.479 e. The first kappa shape index (κ1) is 17.2. The average molecular weight is 329 g/mol. The number of hydrogen-bond acceptors (Lipinski definition) is 4. The van der Waals surface area contributed by atoms with Crippen molar-refractivity contribution in [3.05, 3.63) is 71.3 Å². The van der Waals surface area contributed by atoms with Crippen LogP contribution in [0.2, 0.25) is 0 Å². The van der Waals surface area contributed by atoms with E-state index in [9.17, 15) is 19.5 Å². The monoisotopic (exact) mass is 329 g/mol. The Balaban J connectivity index is 2.06. The summed E-state index contributed by atoms with van der Waals surface area (Å²) < 4.78 is 0. The molecule has 0 spiro atoms. The predicted molar refractivity (Wildman–Crippen MR) is 83.5 cm³/mol. The normalized spacial score (nSPS) is 11.5. The molecule has 0 aromatic heterocycles. The van der Waals surface area contributed by atoms with Gasteiger partial charge in [-0.05, 0) is 17.7 Å². The average Bonchev–Trinajstić information content (AvgIpc) is 2.58. The van der Waals surface area contributed by atoms with Crippen LogP contribution in [0.5, 0.6) is 0 Å². The van der Waals surface area contributed by atoms with E-state index in [2.05, 4.69) is 0 Å². The van der Waals surface area contributed by atoms with Crippen LogP contribution in [-0.4, -0.2) is 34.2 Å². The summed E-state index contributed by atoms with van der Waals surface area (Å²) in [6, 6.07) is 14.4. The van der Waals surface area contributed by atoms with E-state index < -0.39 is 23.9 Å². The lowest BCUT2D eigenvalue weighted by molar-refractivity contribution is -0.153. The van der Waals surface area contributed by atoms with Crippen molar-refractivity contribution in [3.8, 4) is 0 Å². The number of nitrogens with one attached hydrogen (secondary N) is 1. The Morgan fingerprint density at radius 2 is 1.50 bits per heavy atom. The Hall–Kier alpha value is -3.19. The standard InChI is InChI=1S/C17H15NO6/c19-15(12-8-4-5-9-13(12)16(20)21)18-24-14(17(22)23)10-11-6-2-1-3-7-11/h1-9,14H,10H2,(H,18,19)(H,20,21)(H,22,23)/t14-/m0/s1. The number of aromatic carboxylic acids is 1. The van der Waals surface area contributed by atoms with E-state index in [0.29, 0.717) is 0 Å². The molecule has 0 unspecified atom stereocenters. The maximum atomic E-state index is 12.1. The fourth-order valence-electron chi connectivity index (χ4n) is 2.05. The number of amides is 1. The van der Waals surface area contributed by atoms with Crippen LogP contribution in [0.15, 0.2) is 54.6 Å². The first-order chi connectivity index (χ1) is 11.5. The molecule has 0 bridgehead atoms. The zero-order valence-electron chi connectivity index (χ0n) is 12.5. The van der Waals surface area contributed by atoms with Crippen LogP contribution < -0.4 is 5.48 Å². The van der Waals surface area contributed by atoms with Crippen LogP contribution in [0.3, 0.4) is 0 Å². The van der Waals surface area contributed by atoms with Gasteiger partial charge in [-0.1, -0.05) is 42.5 Å². The van der Waals surface area contributed by atoms with Gasteiger partial charge >= 0.3 is 11.9 Å². The molecule has 2 rings (SSSR count). The largest absolute Gasteiger partial charge is 0.479 e. The van der Waals surface area contributed by atoms with Crippen molar-refractivity contribution >= 4 is 17.8 Å². The van der Waals surface area contributed by atoms with Gasteiger partial charge in [0.25, 0.3) is 5.91 Å². The Kier molecular flexibility index (Phi) is 5.64. The number of hydrogen-bond donors (Lipinski definition) is 3. The molecule has 0 heterocycles. The van der Waals surface area contributed by atoms with E-state index in [1.54, 1.807) is 30.3 Å². The number of carbonyl (C=O) groups is 3. The summed E-state index contributed by atoms with van der Waals surface area (Å²) in [4.78, 5) is 39.4. The van der Waals surface area contributed by atoms with Gasteiger partial charge in [-0.15, -0.1) is 0 Å². The molecular formula is C17H15NO6. The minimum atomic E-state index is -1.30. The SMILES string of the molecule is O=C(O)c1ccccc1C(=O)NO[C@@H](Cc1ccccc1)C(=O)O. The van der Waals surface area contributed by atoms with E-state index in [1.807, 2.05) is 5.48 Å². The Bertz CT molecular complexity index is 744. The van der Waals surface area contributed by atoms with E-state index in [4.69, 9.17) is 9.94 Å². The lowest BCUT2D eigenvalue weighted by atomic mass is 10.1. The van der Waals surface area contributed by atoms with E-state index in [-0.39, 0.29) is 17.5 Å². The topological polar surface area (TPSA) is 113 Å². The van der Waals surface area contributed by atoms with Gasteiger partial charge in [0.2, 0.25) is 0 Å². The van der Waals surface area contributed by atoms with Crippen molar-refractivity contribution in [3.63, 3.8) is 0 Å². The van der Waals surface area contributed by atoms with Crippen molar-refractivity contribution in [1.29, 1.82) is 0 Å². The number of rotatable bonds is 7. The number of benzene rings is 2. The molecule has 0 saturated carbocycles. The molecule has 7 heteroatoms. The van der Waals surface area contributed by atoms with Crippen LogP contribution in [0, 0.1) is 0 Å². The second-order valence-electron chi connectivity index (χ2n) is 4.92. The van der Waals surface area contributed by atoms with Crippen LogP contribution in [0.25, 0.3) is 0 Å². The number of carboxylic acids is 2. The molecule has 7 nitrogen and oxygen atoms in total. The molecule has 2 aromatic carbocycles. The summed E-state index contributed by atoms with van der Waals surface area (Å²) in [5.41, 5.74) is 2.42. The first-order valence-corrected chi connectivity index (χ1v) is 7.04.